The van der Waals surface area contributed by atoms with E-state index in [0.29, 0.717) is 17.3 Å². The number of anilines is 3. The fraction of sp³-hybridized carbons (Fsp3) is 0. The Labute approximate surface area is 112 Å². The van der Waals surface area contributed by atoms with Gasteiger partial charge in [-0.25, -0.2) is 0 Å². The van der Waals surface area contributed by atoms with E-state index in [1.807, 2.05) is 30.3 Å². The van der Waals surface area contributed by atoms with Crippen LogP contribution in [0, 0.1) is 0 Å². The first-order chi connectivity index (χ1) is 8.70. The van der Waals surface area contributed by atoms with Gasteiger partial charge < -0.3 is 15.5 Å². The third-order valence-corrected chi connectivity index (χ3v) is 2.98. The van der Waals surface area contributed by atoms with Crippen LogP contribution < -0.4 is 11.1 Å². The summed E-state index contributed by atoms with van der Waals surface area (Å²) in [6.07, 6.45) is 0. The molecule has 0 saturated heterocycles. The summed E-state index contributed by atoms with van der Waals surface area (Å²) in [7, 11) is 0. The number of nitrogen functional groups attached to an aromatic ring is 1. The van der Waals surface area contributed by atoms with Gasteiger partial charge in [0.15, 0.2) is 5.58 Å². The van der Waals surface area contributed by atoms with Crippen LogP contribution in [-0.4, -0.2) is 4.98 Å². The molecule has 0 saturated carbocycles. The predicted octanol–water partition coefficient (Wildman–Crippen LogP) is 3.92. The molecule has 3 N–H and O–H groups in total. The molecule has 0 fully saturated rings. The van der Waals surface area contributed by atoms with Gasteiger partial charge in [-0.2, -0.15) is 4.98 Å². The van der Waals surface area contributed by atoms with Gasteiger partial charge in [0.1, 0.15) is 5.52 Å². The van der Waals surface area contributed by atoms with Crippen LogP contribution in [0.4, 0.5) is 17.4 Å². The van der Waals surface area contributed by atoms with Gasteiger partial charge in [0, 0.05) is 15.8 Å². The van der Waals surface area contributed by atoms with E-state index in [-0.39, 0.29) is 0 Å². The van der Waals surface area contributed by atoms with Gasteiger partial charge in [-0.1, -0.05) is 22.0 Å². The first-order valence-electron chi connectivity index (χ1n) is 5.39. The highest BCUT2D eigenvalue weighted by molar-refractivity contribution is 9.10. The molecule has 3 aromatic rings. The second-order valence-corrected chi connectivity index (χ2v) is 4.80. The SMILES string of the molecule is Nc1ccc2oc(Nc3cccc(Br)c3)nc2c1. The van der Waals surface area contributed by atoms with Crippen molar-refractivity contribution in [2.75, 3.05) is 11.1 Å². The summed E-state index contributed by atoms with van der Waals surface area (Å²) < 4.78 is 6.57. The largest absolute Gasteiger partial charge is 0.423 e. The van der Waals surface area contributed by atoms with Crippen molar-refractivity contribution >= 4 is 44.4 Å². The van der Waals surface area contributed by atoms with Gasteiger partial charge in [-0.3, -0.25) is 0 Å². The van der Waals surface area contributed by atoms with Crippen LogP contribution in [0.2, 0.25) is 0 Å². The van der Waals surface area contributed by atoms with Crippen LogP contribution in [0.25, 0.3) is 11.1 Å². The maximum Gasteiger partial charge on any atom is 0.300 e. The molecule has 18 heavy (non-hydrogen) atoms. The lowest BCUT2D eigenvalue weighted by molar-refractivity contribution is 0.623. The minimum absolute atomic E-state index is 0.453. The molecule has 4 nitrogen and oxygen atoms in total. The maximum atomic E-state index is 5.70. The molecule has 90 valence electrons. The van der Waals surface area contributed by atoms with E-state index < -0.39 is 0 Å². The van der Waals surface area contributed by atoms with Crippen molar-refractivity contribution < 1.29 is 4.42 Å². The minimum Gasteiger partial charge on any atom is -0.423 e. The molecule has 1 aromatic heterocycles. The fourth-order valence-corrected chi connectivity index (χ4v) is 2.09. The van der Waals surface area contributed by atoms with Crippen LogP contribution in [-0.2, 0) is 0 Å². The van der Waals surface area contributed by atoms with Gasteiger partial charge in [0.25, 0.3) is 6.01 Å². The highest BCUT2D eigenvalue weighted by Crippen LogP contribution is 2.24. The Hall–Kier alpha value is -2.01. The number of aromatic nitrogens is 1. The van der Waals surface area contributed by atoms with Crippen molar-refractivity contribution in [3.05, 3.63) is 46.9 Å². The van der Waals surface area contributed by atoms with Crippen molar-refractivity contribution in [1.29, 1.82) is 0 Å². The Morgan fingerprint density at radius 2 is 2.06 bits per heavy atom. The van der Waals surface area contributed by atoms with Crippen molar-refractivity contribution in [3.8, 4) is 0 Å². The number of nitrogens with one attached hydrogen (secondary N) is 1. The molecule has 0 amide bonds. The lowest BCUT2D eigenvalue weighted by atomic mass is 10.3. The van der Waals surface area contributed by atoms with Gasteiger partial charge in [0.2, 0.25) is 0 Å². The normalized spacial score (nSPS) is 10.7. The Morgan fingerprint density at radius 3 is 2.89 bits per heavy atom. The van der Waals surface area contributed by atoms with Crippen molar-refractivity contribution in [2.24, 2.45) is 0 Å². The third kappa shape index (κ3) is 2.17. The Bertz CT molecular complexity index is 708. The van der Waals surface area contributed by atoms with Crippen molar-refractivity contribution in [1.82, 2.24) is 4.98 Å². The molecular weight excluding hydrogens is 294 g/mol. The zero-order chi connectivity index (χ0) is 12.5. The second-order valence-electron chi connectivity index (χ2n) is 3.88. The quantitative estimate of drug-likeness (QED) is 0.704. The van der Waals surface area contributed by atoms with E-state index in [9.17, 15) is 0 Å². The number of rotatable bonds is 2. The molecule has 0 unspecified atom stereocenters. The highest BCUT2D eigenvalue weighted by Gasteiger charge is 2.06. The minimum atomic E-state index is 0.453. The van der Waals surface area contributed by atoms with E-state index in [1.54, 1.807) is 12.1 Å². The summed E-state index contributed by atoms with van der Waals surface area (Å²) >= 11 is 3.41. The van der Waals surface area contributed by atoms with Gasteiger partial charge in [-0.15, -0.1) is 0 Å². The zero-order valence-corrected chi connectivity index (χ0v) is 10.9. The van der Waals surface area contributed by atoms with Crippen LogP contribution in [0.5, 0.6) is 0 Å². The summed E-state index contributed by atoms with van der Waals surface area (Å²) in [5.41, 5.74) is 8.73. The van der Waals surface area contributed by atoms with Crippen LogP contribution in [0.15, 0.2) is 51.4 Å². The zero-order valence-electron chi connectivity index (χ0n) is 9.35. The average Bonchev–Trinajstić information content (AvgIpc) is 2.70. The molecule has 2 aromatic carbocycles. The van der Waals surface area contributed by atoms with Crippen molar-refractivity contribution in [2.45, 2.75) is 0 Å². The second kappa shape index (κ2) is 4.34. The molecule has 0 spiro atoms. The molecule has 0 bridgehead atoms. The molecule has 1 heterocycles. The number of hydrogen-bond acceptors (Lipinski definition) is 4. The monoisotopic (exact) mass is 303 g/mol. The molecular formula is C13H10BrN3O. The Morgan fingerprint density at radius 1 is 1.17 bits per heavy atom. The summed E-state index contributed by atoms with van der Waals surface area (Å²) in [5, 5.41) is 3.11. The smallest absolute Gasteiger partial charge is 0.300 e. The van der Waals surface area contributed by atoms with Crippen LogP contribution in [0.1, 0.15) is 0 Å². The van der Waals surface area contributed by atoms with Crippen molar-refractivity contribution in [3.63, 3.8) is 0 Å². The number of oxazole rings is 1. The van der Waals surface area contributed by atoms with E-state index >= 15 is 0 Å². The van der Waals surface area contributed by atoms with E-state index in [2.05, 4.69) is 26.2 Å². The number of benzene rings is 2. The van der Waals surface area contributed by atoms with Crippen LogP contribution in [0.3, 0.4) is 0 Å². The lowest BCUT2D eigenvalue weighted by Gasteiger charge is -2.00. The third-order valence-electron chi connectivity index (χ3n) is 2.49. The molecule has 0 radical (unpaired) electrons. The van der Waals surface area contributed by atoms with Gasteiger partial charge in [-0.05, 0) is 36.4 Å². The summed E-state index contributed by atoms with van der Waals surface area (Å²) in [6, 6.07) is 13.6. The van der Waals surface area contributed by atoms with E-state index in [4.69, 9.17) is 10.2 Å². The molecule has 3 rings (SSSR count). The summed E-state index contributed by atoms with van der Waals surface area (Å²) in [5.74, 6) is 0. The highest BCUT2D eigenvalue weighted by atomic mass is 79.9. The average molecular weight is 304 g/mol. The number of hydrogen-bond donors (Lipinski definition) is 2. The first kappa shape index (κ1) is 11.1. The fourth-order valence-electron chi connectivity index (χ4n) is 1.69. The van der Waals surface area contributed by atoms with Gasteiger partial charge >= 0.3 is 0 Å². The molecule has 0 aliphatic heterocycles. The maximum absolute atomic E-state index is 5.70. The predicted molar refractivity (Wildman–Crippen MR) is 75.8 cm³/mol. The topological polar surface area (TPSA) is 64.1 Å². The Balaban J connectivity index is 1.95. The van der Waals surface area contributed by atoms with Crippen LogP contribution >= 0.6 is 15.9 Å². The van der Waals surface area contributed by atoms with Gasteiger partial charge in [0.05, 0.1) is 0 Å². The van der Waals surface area contributed by atoms with E-state index in [1.165, 1.54) is 0 Å². The summed E-state index contributed by atoms with van der Waals surface area (Å²) in [4.78, 5) is 4.33. The van der Waals surface area contributed by atoms with E-state index in [0.717, 1.165) is 15.7 Å². The standard InChI is InChI=1S/C13H10BrN3O/c14-8-2-1-3-10(6-8)16-13-17-11-7-9(15)4-5-12(11)18-13/h1-7H,15H2,(H,16,17). The molecule has 0 aliphatic rings. The number of nitrogens with two attached hydrogens (primary N) is 1. The lowest BCUT2D eigenvalue weighted by Crippen LogP contribution is -1.89. The Kier molecular flexibility index (Phi) is 2.68. The molecule has 0 atom stereocenters. The number of fused-ring (bicyclic) bond motifs is 1. The number of nitrogens with zero attached hydrogens (tertiary/aromatic N) is 1. The first-order valence-corrected chi connectivity index (χ1v) is 6.19. The summed E-state index contributed by atoms with van der Waals surface area (Å²) in [6.45, 7) is 0. The number of halogens is 1. The molecule has 5 heteroatoms. The molecule has 0 aliphatic carbocycles.